The Hall–Kier alpha value is -4.43. The lowest BCUT2D eigenvalue weighted by Gasteiger charge is -2.31. The third-order valence-corrected chi connectivity index (χ3v) is 7.38. The Kier molecular flexibility index (Phi) is 9.01. The molecule has 4 rings (SSSR count). The zero-order chi connectivity index (χ0) is 28.8. The second-order valence-corrected chi connectivity index (χ2v) is 9.75. The Morgan fingerprint density at radius 1 is 1.27 bits per heavy atom. The summed E-state index contributed by atoms with van der Waals surface area (Å²) in [7, 11) is 1.32. The van der Waals surface area contributed by atoms with Crippen LogP contribution in [0.25, 0.3) is 11.0 Å². The Bertz CT molecular complexity index is 1550. The van der Waals surface area contributed by atoms with Gasteiger partial charge in [0.05, 0.1) is 35.3 Å². The number of ether oxygens (including phenoxy) is 2. The summed E-state index contributed by atoms with van der Waals surface area (Å²) in [6, 6.07) is 11.1. The van der Waals surface area contributed by atoms with Crippen LogP contribution in [0.3, 0.4) is 0 Å². The van der Waals surface area contributed by atoms with Gasteiger partial charge in [0.15, 0.2) is 0 Å². The van der Waals surface area contributed by atoms with Crippen LogP contribution in [0.5, 0.6) is 0 Å². The van der Waals surface area contributed by atoms with Crippen LogP contribution < -0.4 is 0 Å². The van der Waals surface area contributed by atoms with Gasteiger partial charge in [-0.15, -0.1) is 0 Å². The number of halogens is 1. The van der Waals surface area contributed by atoms with E-state index >= 15 is 0 Å². The first kappa shape index (κ1) is 28.6. The maximum absolute atomic E-state index is 14.1. The molecule has 1 saturated heterocycles. The van der Waals surface area contributed by atoms with Crippen molar-refractivity contribution in [3.63, 3.8) is 0 Å². The maximum Gasteiger partial charge on any atom is 0.337 e. The molecular weight excluding hydrogens is 533 g/mol. The summed E-state index contributed by atoms with van der Waals surface area (Å²) in [6.45, 7) is 8.60. The predicted molar refractivity (Wildman–Crippen MR) is 151 cm³/mol. The van der Waals surface area contributed by atoms with Crippen molar-refractivity contribution in [3.8, 4) is 6.07 Å². The number of carbonyl (C=O) groups is 2. The van der Waals surface area contributed by atoms with Gasteiger partial charge in [-0.3, -0.25) is 8.77 Å². The van der Waals surface area contributed by atoms with E-state index in [1.165, 1.54) is 31.2 Å². The van der Waals surface area contributed by atoms with Crippen LogP contribution in [-0.4, -0.2) is 57.9 Å². The first-order valence-electron chi connectivity index (χ1n) is 12.4. The standard InChI is InChI=1S/C29H28FN5O4S/c1-5-24(32-18(2)39-17-22-7-6-19(16-31)14-23(22)30)20-10-12-34(13-11-20)28(36)27-33-25-9-8-21(29(37)38-3)15-26(25)35(27)40-4/h5-9,14-15,20H,1-2,10-13,17H2,3-4H3/b32-24+. The zero-order valence-electron chi connectivity index (χ0n) is 22.2. The van der Waals surface area contributed by atoms with Gasteiger partial charge < -0.3 is 14.4 Å². The molecule has 11 heteroatoms. The first-order valence-corrected chi connectivity index (χ1v) is 13.6. The van der Waals surface area contributed by atoms with Crippen LogP contribution in [0.15, 0.2) is 66.5 Å². The van der Waals surface area contributed by atoms with Crippen molar-refractivity contribution in [2.45, 2.75) is 19.4 Å². The fourth-order valence-electron chi connectivity index (χ4n) is 4.51. The number of nitrogens with zero attached hydrogens (tertiary/aromatic N) is 5. The molecule has 0 radical (unpaired) electrons. The number of allylic oxidation sites excluding steroid dienone is 1. The number of likely N-dealkylation sites (tertiary alicyclic amines) is 1. The zero-order valence-corrected chi connectivity index (χ0v) is 23.0. The third-order valence-electron chi connectivity index (χ3n) is 6.65. The van der Waals surface area contributed by atoms with Gasteiger partial charge in [-0.05, 0) is 67.8 Å². The maximum atomic E-state index is 14.1. The normalized spacial score (nSPS) is 14.1. The number of fused-ring (bicyclic) bond motifs is 1. The Labute approximate surface area is 235 Å². The number of hydrogen-bond acceptors (Lipinski definition) is 8. The van der Waals surface area contributed by atoms with Crippen LogP contribution in [0.4, 0.5) is 4.39 Å². The highest BCUT2D eigenvalue weighted by atomic mass is 32.2. The summed E-state index contributed by atoms with van der Waals surface area (Å²) in [5.41, 5.74) is 2.86. The summed E-state index contributed by atoms with van der Waals surface area (Å²) >= 11 is 1.33. The molecule has 9 nitrogen and oxygen atoms in total. The molecule has 0 saturated carbocycles. The quantitative estimate of drug-likeness (QED) is 0.202. The number of nitriles is 1. The van der Waals surface area contributed by atoms with Gasteiger partial charge in [0.25, 0.3) is 5.91 Å². The molecule has 0 unspecified atom stereocenters. The lowest BCUT2D eigenvalue weighted by Crippen LogP contribution is -2.40. The van der Waals surface area contributed by atoms with Crippen molar-refractivity contribution in [2.24, 2.45) is 10.9 Å². The lowest BCUT2D eigenvalue weighted by atomic mass is 9.91. The van der Waals surface area contributed by atoms with E-state index in [-0.39, 0.29) is 35.7 Å². The minimum absolute atomic E-state index is 0.0375. The molecule has 3 aromatic rings. The minimum atomic E-state index is -0.532. The van der Waals surface area contributed by atoms with Crippen LogP contribution >= 0.6 is 11.9 Å². The molecule has 0 atom stereocenters. The number of aliphatic imine (C=N–C) groups is 1. The molecule has 1 amide bonds. The average Bonchev–Trinajstić information content (AvgIpc) is 3.36. The van der Waals surface area contributed by atoms with E-state index in [9.17, 15) is 14.0 Å². The number of carbonyl (C=O) groups excluding carboxylic acids is 2. The van der Waals surface area contributed by atoms with Crippen LogP contribution in [0.2, 0.25) is 0 Å². The van der Waals surface area contributed by atoms with E-state index < -0.39 is 11.8 Å². The van der Waals surface area contributed by atoms with E-state index in [2.05, 4.69) is 23.1 Å². The number of esters is 1. The summed E-state index contributed by atoms with van der Waals surface area (Å²) < 4.78 is 26.2. The summed E-state index contributed by atoms with van der Waals surface area (Å²) in [6.07, 6.45) is 4.79. The molecule has 2 heterocycles. The number of amides is 1. The Balaban J connectivity index is 1.40. The van der Waals surface area contributed by atoms with Crippen molar-refractivity contribution >= 4 is 40.6 Å². The Morgan fingerprint density at radius 2 is 2.02 bits per heavy atom. The summed E-state index contributed by atoms with van der Waals surface area (Å²) in [4.78, 5) is 36.2. The molecule has 0 aliphatic carbocycles. The van der Waals surface area contributed by atoms with Gasteiger partial charge in [0.1, 0.15) is 12.4 Å². The third kappa shape index (κ3) is 6.07. The number of benzene rings is 2. The second-order valence-electron chi connectivity index (χ2n) is 9.02. The molecule has 0 spiro atoms. The molecule has 1 aromatic heterocycles. The van der Waals surface area contributed by atoms with Crippen LogP contribution in [0.1, 0.15) is 44.9 Å². The Morgan fingerprint density at radius 3 is 2.65 bits per heavy atom. The fraction of sp³-hybridized carbons (Fsp3) is 0.276. The van der Waals surface area contributed by atoms with E-state index in [0.717, 1.165) is 6.07 Å². The van der Waals surface area contributed by atoms with E-state index in [4.69, 9.17) is 14.7 Å². The molecule has 40 heavy (non-hydrogen) atoms. The second kappa shape index (κ2) is 12.6. The highest BCUT2D eigenvalue weighted by molar-refractivity contribution is 7.97. The molecule has 206 valence electrons. The summed E-state index contributed by atoms with van der Waals surface area (Å²) in [5, 5.41) is 8.88. The van der Waals surface area contributed by atoms with E-state index in [0.29, 0.717) is 53.8 Å². The number of hydrogen-bond donors (Lipinski definition) is 0. The highest BCUT2D eigenvalue weighted by Gasteiger charge is 2.29. The van der Waals surface area contributed by atoms with Crippen LogP contribution in [-0.2, 0) is 16.1 Å². The molecular formula is C29H28FN5O4S. The molecule has 1 fully saturated rings. The molecule has 1 aliphatic rings. The van der Waals surface area contributed by atoms with Gasteiger partial charge in [0, 0.05) is 36.5 Å². The average molecular weight is 562 g/mol. The SMILES string of the molecule is C=C/C(=N\C(=C)OCc1ccc(C#N)cc1F)C1CCN(C(=O)c2nc3ccc(C(=O)OC)cc3n2SC)CC1. The number of rotatable bonds is 9. The number of methoxy groups -OCH3 is 1. The summed E-state index contributed by atoms with van der Waals surface area (Å²) in [5.74, 6) is -0.737. The molecule has 1 aliphatic heterocycles. The highest BCUT2D eigenvalue weighted by Crippen LogP contribution is 2.26. The van der Waals surface area contributed by atoms with Gasteiger partial charge in [0.2, 0.25) is 11.7 Å². The lowest BCUT2D eigenvalue weighted by molar-refractivity contribution is 0.0600. The number of piperidine rings is 1. The largest absolute Gasteiger partial charge is 0.473 e. The topological polar surface area (TPSA) is 110 Å². The van der Waals surface area contributed by atoms with Crippen molar-refractivity contribution in [1.82, 2.24) is 13.9 Å². The molecule has 0 N–H and O–H groups in total. The van der Waals surface area contributed by atoms with Gasteiger partial charge in [-0.2, -0.15) is 5.26 Å². The van der Waals surface area contributed by atoms with Crippen molar-refractivity contribution in [3.05, 3.63) is 89.8 Å². The molecule has 0 bridgehead atoms. The van der Waals surface area contributed by atoms with Crippen molar-refractivity contribution in [2.75, 3.05) is 26.5 Å². The fourth-order valence-corrected chi connectivity index (χ4v) is 5.15. The number of imidazole rings is 1. The van der Waals surface area contributed by atoms with Crippen LogP contribution in [0, 0.1) is 23.1 Å². The van der Waals surface area contributed by atoms with E-state index in [1.54, 1.807) is 33.1 Å². The van der Waals surface area contributed by atoms with Gasteiger partial charge in [-0.25, -0.2) is 19.2 Å². The van der Waals surface area contributed by atoms with Crippen molar-refractivity contribution < 1.29 is 23.5 Å². The first-order chi connectivity index (χ1) is 19.3. The van der Waals surface area contributed by atoms with Gasteiger partial charge >= 0.3 is 5.97 Å². The number of aromatic nitrogens is 2. The minimum Gasteiger partial charge on any atom is -0.473 e. The van der Waals surface area contributed by atoms with Gasteiger partial charge in [-0.1, -0.05) is 12.6 Å². The molecule has 2 aromatic carbocycles. The smallest absolute Gasteiger partial charge is 0.337 e. The van der Waals surface area contributed by atoms with Crippen molar-refractivity contribution in [1.29, 1.82) is 5.26 Å². The van der Waals surface area contributed by atoms with E-state index in [1.807, 2.05) is 12.3 Å². The predicted octanol–water partition coefficient (Wildman–Crippen LogP) is 5.13. The monoisotopic (exact) mass is 561 g/mol.